The molecule has 0 N–H and O–H groups in total. The van der Waals surface area contributed by atoms with E-state index in [1.807, 2.05) is 12.1 Å². The Hall–Kier alpha value is -3.29. The second-order valence-electron chi connectivity index (χ2n) is 11.6. The van der Waals surface area contributed by atoms with Gasteiger partial charge in [-0.15, -0.1) is 13.2 Å². The summed E-state index contributed by atoms with van der Waals surface area (Å²) in [5.41, 5.74) is 3.59. The molecule has 0 aromatic heterocycles. The predicted molar refractivity (Wildman–Crippen MR) is 175 cm³/mol. The molecule has 8 nitrogen and oxygen atoms in total. The number of hydrogen-bond acceptors (Lipinski definition) is 8. The van der Waals surface area contributed by atoms with Crippen molar-refractivity contribution in [3.63, 3.8) is 0 Å². The largest absolute Gasteiger partial charge is 0.530 e. The number of hydrogen-bond donors (Lipinski definition) is 0. The maximum atomic E-state index is 13.0. The molecular weight excluding hydrogens is 615 g/mol. The molecule has 0 spiro atoms. The average Bonchev–Trinajstić information content (AvgIpc) is 3.03. The summed E-state index contributed by atoms with van der Waals surface area (Å²) in [6.45, 7) is 7.29. The van der Waals surface area contributed by atoms with Crippen molar-refractivity contribution < 1.29 is 37.1 Å². The molecule has 4 saturated carbocycles. The number of phosphoric acid groups is 1. The molecule has 4 fully saturated rings. The molecule has 2 aromatic rings. The lowest BCUT2D eigenvalue weighted by atomic mass is 9.54. The van der Waals surface area contributed by atoms with Gasteiger partial charge in [-0.2, -0.15) is 0 Å². The Balaban J connectivity index is 1.40. The molecule has 2 aromatic carbocycles. The summed E-state index contributed by atoms with van der Waals surface area (Å²) >= 11 is 7.12. The third-order valence-electron chi connectivity index (χ3n) is 8.68. The second-order valence-corrected chi connectivity index (χ2v) is 13.6. The third-order valence-corrected chi connectivity index (χ3v) is 10.4. The van der Waals surface area contributed by atoms with Crippen LogP contribution in [0.25, 0.3) is 11.8 Å². The van der Waals surface area contributed by atoms with Crippen molar-refractivity contribution in [2.75, 3.05) is 27.4 Å². The van der Waals surface area contributed by atoms with E-state index in [9.17, 15) is 9.36 Å². The van der Waals surface area contributed by atoms with Crippen LogP contribution >= 0.6 is 19.4 Å². The summed E-state index contributed by atoms with van der Waals surface area (Å²) < 4.78 is 46.3. The standard InChI is InChI=1S/C35H40ClO8P/c1-5-15-42-45(38,43-16-6-2)44-29-11-7-23(8-12-29)22-41-34-26(10-14-31(37)39-3)9-13-30(33(34)36)35(40-4)32-27-18-24-17-25(20-27)21-28(32)19-24/h5-14,24-25,27-28H,1-2,15-22H2,3-4H3/b14-10+,35-32?. The van der Waals surface area contributed by atoms with E-state index in [2.05, 4.69) is 13.2 Å². The fourth-order valence-electron chi connectivity index (χ4n) is 7.01. The van der Waals surface area contributed by atoms with Gasteiger partial charge in [0.2, 0.25) is 0 Å². The quantitative estimate of drug-likeness (QED) is 0.0619. The molecule has 4 aliphatic rings. The first kappa shape index (κ1) is 33.1. The number of allylic oxidation sites excluding steroid dienone is 1. The zero-order valence-corrected chi connectivity index (χ0v) is 27.4. The predicted octanol–water partition coefficient (Wildman–Crippen LogP) is 8.81. The minimum atomic E-state index is -3.88. The molecule has 0 radical (unpaired) electrons. The van der Waals surface area contributed by atoms with Crippen molar-refractivity contribution in [3.8, 4) is 11.5 Å². The van der Waals surface area contributed by atoms with Gasteiger partial charge in [-0.05, 0) is 91.2 Å². The van der Waals surface area contributed by atoms with Gasteiger partial charge in [-0.1, -0.05) is 42.0 Å². The van der Waals surface area contributed by atoms with Gasteiger partial charge in [0.1, 0.15) is 23.9 Å². The third kappa shape index (κ3) is 7.75. The maximum absolute atomic E-state index is 13.0. The van der Waals surface area contributed by atoms with Crippen molar-refractivity contribution >= 4 is 37.2 Å². The van der Waals surface area contributed by atoms with Gasteiger partial charge in [0.25, 0.3) is 0 Å². The van der Waals surface area contributed by atoms with Crippen molar-refractivity contribution in [2.24, 2.45) is 23.7 Å². The van der Waals surface area contributed by atoms with Crippen molar-refractivity contribution in [3.05, 3.63) is 95.1 Å². The number of methoxy groups -OCH3 is 2. The van der Waals surface area contributed by atoms with E-state index in [1.54, 1.807) is 37.5 Å². The average molecular weight is 655 g/mol. The Morgan fingerprint density at radius 3 is 2.09 bits per heavy atom. The van der Waals surface area contributed by atoms with Gasteiger partial charge >= 0.3 is 13.8 Å². The fraction of sp³-hybridized carbons (Fsp3) is 0.400. The molecule has 0 unspecified atom stereocenters. The van der Waals surface area contributed by atoms with Crippen LogP contribution in [0.4, 0.5) is 0 Å². The normalized spacial score (nSPS) is 21.9. The van der Waals surface area contributed by atoms with E-state index in [4.69, 9.17) is 39.4 Å². The highest BCUT2D eigenvalue weighted by atomic mass is 35.5. The molecule has 6 rings (SSSR count). The number of phosphoric ester groups is 1. The molecule has 45 heavy (non-hydrogen) atoms. The topological polar surface area (TPSA) is 89.5 Å². The molecular formula is C35H40ClO8P. The Morgan fingerprint density at radius 2 is 1.53 bits per heavy atom. The molecule has 0 saturated heterocycles. The van der Waals surface area contributed by atoms with Gasteiger partial charge in [0.05, 0.1) is 32.5 Å². The van der Waals surface area contributed by atoms with Crippen molar-refractivity contribution in [1.82, 2.24) is 0 Å². The fourth-order valence-corrected chi connectivity index (χ4v) is 8.45. The molecule has 0 amide bonds. The first-order chi connectivity index (χ1) is 21.8. The van der Waals surface area contributed by atoms with Crippen LogP contribution in [0.15, 0.2) is 73.4 Å². The summed E-state index contributed by atoms with van der Waals surface area (Å²) in [6.07, 6.45) is 12.1. The summed E-state index contributed by atoms with van der Waals surface area (Å²) in [6, 6.07) is 10.7. The number of carbonyl (C=O) groups excluding carboxylic acids is 1. The van der Waals surface area contributed by atoms with Crippen LogP contribution in [-0.4, -0.2) is 33.4 Å². The summed E-state index contributed by atoms with van der Waals surface area (Å²) in [7, 11) is -0.840. The molecule has 240 valence electrons. The van der Waals surface area contributed by atoms with Crippen LogP contribution in [0.5, 0.6) is 11.5 Å². The highest BCUT2D eigenvalue weighted by Gasteiger charge is 2.47. The van der Waals surface area contributed by atoms with Gasteiger partial charge in [0, 0.05) is 17.2 Å². The Morgan fingerprint density at radius 1 is 0.911 bits per heavy atom. The minimum absolute atomic E-state index is 0.00323. The molecule has 0 aliphatic heterocycles. The second kappa shape index (κ2) is 14.9. The SMILES string of the molecule is C=CCOP(=O)(OCC=C)Oc1ccc(COc2c(/C=C/C(=O)OC)ccc(C(OC)=C3C4CC5CC(C4)CC3C5)c2Cl)cc1. The molecule has 4 aliphatic carbocycles. The minimum Gasteiger partial charge on any atom is -0.496 e. The van der Waals surface area contributed by atoms with E-state index >= 15 is 0 Å². The number of halogens is 1. The van der Waals surface area contributed by atoms with Crippen LogP contribution in [0.2, 0.25) is 5.02 Å². The Kier molecular flexibility index (Phi) is 10.9. The van der Waals surface area contributed by atoms with Gasteiger partial charge in [-0.25, -0.2) is 9.36 Å². The lowest BCUT2D eigenvalue weighted by molar-refractivity contribution is -0.134. The van der Waals surface area contributed by atoms with Crippen LogP contribution < -0.4 is 9.26 Å². The van der Waals surface area contributed by atoms with E-state index in [0.717, 1.165) is 28.7 Å². The summed E-state index contributed by atoms with van der Waals surface area (Å²) in [5, 5.41) is 0.416. The van der Waals surface area contributed by atoms with Crippen LogP contribution in [0, 0.1) is 23.7 Å². The molecule has 4 bridgehead atoms. The van der Waals surface area contributed by atoms with E-state index in [-0.39, 0.29) is 19.8 Å². The zero-order chi connectivity index (χ0) is 32.0. The maximum Gasteiger partial charge on any atom is 0.530 e. The number of benzene rings is 2. The van der Waals surface area contributed by atoms with E-state index in [0.29, 0.717) is 33.9 Å². The van der Waals surface area contributed by atoms with Gasteiger partial charge in [0.15, 0.2) is 0 Å². The lowest BCUT2D eigenvalue weighted by Crippen LogP contribution is -2.40. The smallest absolute Gasteiger partial charge is 0.496 e. The number of ether oxygens (including phenoxy) is 3. The summed E-state index contributed by atoms with van der Waals surface area (Å²) in [5.74, 6) is 3.75. The first-order valence-corrected chi connectivity index (χ1v) is 17.0. The van der Waals surface area contributed by atoms with E-state index in [1.165, 1.54) is 63.0 Å². The van der Waals surface area contributed by atoms with Gasteiger partial charge < -0.3 is 18.7 Å². The van der Waals surface area contributed by atoms with Crippen molar-refractivity contribution in [2.45, 2.75) is 38.7 Å². The monoisotopic (exact) mass is 654 g/mol. The van der Waals surface area contributed by atoms with Crippen LogP contribution in [0.3, 0.4) is 0 Å². The highest BCUT2D eigenvalue weighted by Crippen LogP contribution is 2.58. The Bertz CT molecular complexity index is 1470. The number of rotatable bonds is 15. The van der Waals surface area contributed by atoms with E-state index < -0.39 is 13.8 Å². The number of esters is 1. The Labute approximate surface area is 270 Å². The van der Waals surface area contributed by atoms with Gasteiger partial charge in [-0.3, -0.25) is 9.05 Å². The molecule has 10 heteroatoms. The lowest BCUT2D eigenvalue weighted by Gasteiger charge is -2.51. The van der Waals surface area contributed by atoms with Crippen LogP contribution in [-0.2, 0) is 34.5 Å². The number of carbonyl (C=O) groups is 1. The summed E-state index contributed by atoms with van der Waals surface area (Å²) in [4.78, 5) is 11.9. The van der Waals surface area contributed by atoms with Crippen LogP contribution in [0.1, 0.15) is 48.8 Å². The van der Waals surface area contributed by atoms with Crippen molar-refractivity contribution in [1.29, 1.82) is 0 Å². The zero-order valence-electron chi connectivity index (χ0n) is 25.7. The first-order valence-electron chi connectivity index (χ1n) is 15.2. The molecule has 0 atom stereocenters. The molecule has 0 heterocycles. The highest BCUT2D eigenvalue weighted by molar-refractivity contribution is 7.48.